The van der Waals surface area contributed by atoms with Crippen molar-refractivity contribution in [2.75, 3.05) is 13.2 Å². The molecule has 9 N–H and O–H groups in total. The van der Waals surface area contributed by atoms with Crippen LogP contribution in [0.25, 0.3) is 0 Å². The third-order valence-corrected chi connectivity index (χ3v) is 12.2. The van der Waals surface area contributed by atoms with Gasteiger partial charge in [0.05, 0.1) is 31.5 Å². The molecule has 1 aliphatic heterocycles. The molecule has 0 aromatic heterocycles. The van der Waals surface area contributed by atoms with Crippen LogP contribution >= 0.6 is 0 Å². The highest BCUT2D eigenvalue weighted by molar-refractivity contribution is 5.81. The number of aliphatic hydroxyl groups excluding tert-OH is 8. The number of rotatable bonds is 41. The Morgan fingerprint density at radius 3 is 1.42 bits per heavy atom. The number of amides is 1. The van der Waals surface area contributed by atoms with Crippen LogP contribution in [0.5, 0.6) is 0 Å². The first kappa shape index (κ1) is 56.8. The molecule has 0 aromatic carbocycles. The molecule has 0 spiro atoms. The van der Waals surface area contributed by atoms with Crippen molar-refractivity contribution in [2.24, 2.45) is 0 Å². The minimum Gasteiger partial charge on any atom is -0.394 e. The summed E-state index contributed by atoms with van der Waals surface area (Å²) in [5.41, 5.74) is 0. The second-order valence-electron chi connectivity index (χ2n) is 17.7. The number of ether oxygens (including phenoxy) is 2. The van der Waals surface area contributed by atoms with Crippen LogP contribution in [0.3, 0.4) is 0 Å². The van der Waals surface area contributed by atoms with Gasteiger partial charge in [0.15, 0.2) is 12.4 Å². The molecule has 0 radical (unpaired) electrons. The van der Waals surface area contributed by atoms with Crippen LogP contribution in [-0.4, -0.2) is 121 Å². The van der Waals surface area contributed by atoms with E-state index in [-0.39, 0.29) is 12.8 Å². The van der Waals surface area contributed by atoms with Crippen LogP contribution < -0.4 is 5.32 Å². The van der Waals surface area contributed by atoms with E-state index in [1.807, 2.05) is 0 Å². The minimum atomic E-state index is -1.79. The summed E-state index contributed by atoms with van der Waals surface area (Å²) in [7, 11) is 0. The highest BCUT2D eigenvalue weighted by Gasteiger charge is 2.44. The summed E-state index contributed by atoms with van der Waals surface area (Å²) in [6.07, 6.45) is 25.5. The fourth-order valence-electron chi connectivity index (χ4n) is 7.99. The first-order valence-electron chi connectivity index (χ1n) is 24.7. The molecule has 1 aliphatic rings. The van der Waals surface area contributed by atoms with Crippen molar-refractivity contribution in [3.8, 4) is 0 Å². The molecule has 1 amide bonds. The largest absolute Gasteiger partial charge is 0.394 e. The second-order valence-corrected chi connectivity index (χ2v) is 17.7. The van der Waals surface area contributed by atoms with Gasteiger partial charge in [-0.3, -0.25) is 4.79 Å². The van der Waals surface area contributed by atoms with E-state index in [2.05, 4.69) is 31.3 Å². The van der Waals surface area contributed by atoms with Gasteiger partial charge in [-0.1, -0.05) is 187 Å². The normalized spacial score (nSPS) is 22.2. The number of unbranched alkanes of at least 4 members (excludes halogenated alkanes) is 26. The molecule has 1 heterocycles. The van der Waals surface area contributed by atoms with E-state index in [1.165, 1.54) is 135 Å². The number of allylic oxidation sites excluding steroid dienone is 2. The topological polar surface area (TPSA) is 209 Å². The van der Waals surface area contributed by atoms with Crippen molar-refractivity contribution in [3.63, 3.8) is 0 Å². The molecule has 12 nitrogen and oxygen atoms in total. The fraction of sp³-hybridized carbons (Fsp3) is 0.938. The van der Waals surface area contributed by atoms with Crippen LogP contribution in [0.1, 0.15) is 213 Å². The van der Waals surface area contributed by atoms with Crippen molar-refractivity contribution in [2.45, 2.75) is 274 Å². The van der Waals surface area contributed by atoms with Gasteiger partial charge in [-0.15, -0.1) is 0 Å². The van der Waals surface area contributed by atoms with Crippen molar-refractivity contribution in [3.05, 3.63) is 12.2 Å². The van der Waals surface area contributed by atoms with Crippen LogP contribution in [0.4, 0.5) is 0 Å². The Bertz CT molecular complexity index is 1000. The maximum Gasteiger partial charge on any atom is 0.251 e. The molecule has 12 heteroatoms. The number of carbonyl (C=O) groups excluding carboxylic acids is 1. The highest BCUT2D eigenvalue weighted by Crippen LogP contribution is 2.23. The van der Waals surface area contributed by atoms with Crippen molar-refractivity contribution in [1.29, 1.82) is 0 Å². The maximum absolute atomic E-state index is 13.1. The Kier molecular flexibility index (Phi) is 36.3. The van der Waals surface area contributed by atoms with E-state index in [4.69, 9.17) is 9.47 Å². The lowest BCUT2D eigenvalue weighted by atomic mass is 9.98. The molecule has 2 unspecified atom stereocenters. The van der Waals surface area contributed by atoms with Gasteiger partial charge in [0.2, 0.25) is 0 Å². The lowest BCUT2D eigenvalue weighted by molar-refractivity contribution is -0.303. The molecule has 0 aromatic rings. The molecule has 1 rings (SSSR count). The Morgan fingerprint density at radius 2 is 0.967 bits per heavy atom. The zero-order chi connectivity index (χ0) is 44.2. The monoisotopic (exact) mass is 860 g/mol. The summed E-state index contributed by atoms with van der Waals surface area (Å²) in [4.78, 5) is 13.1. The standard InChI is InChI=1S/C48H93NO11/c1-3-5-7-9-11-13-15-17-18-19-20-21-22-23-25-27-29-31-33-35-40(52)43(54)47(58)49-38(37-59-48-46(57)45(56)44(55)41(36-50)60-48)42(53)39(51)34-32-30-28-26-24-16-14-12-10-8-6-4-2/h13,15,38-46,48,50-57H,3-12,14,16-37H2,1-2H3,(H,49,58)/b15-13-/t38-,39+,40?,41+,42-,43?,44+,45-,46+,48+/m0/s1. The van der Waals surface area contributed by atoms with Crippen LogP contribution in [0.2, 0.25) is 0 Å². The third-order valence-electron chi connectivity index (χ3n) is 12.2. The molecule has 60 heavy (non-hydrogen) atoms. The van der Waals surface area contributed by atoms with E-state index in [1.54, 1.807) is 0 Å². The zero-order valence-electron chi connectivity index (χ0n) is 38.1. The zero-order valence-corrected chi connectivity index (χ0v) is 38.1. The van der Waals surface area contributed by atoms with Crippen LogP contribution in [0, 0.1) is 0 Å². The number of carbonyl (C=O) groups is 1. The van der Waals surface area contributed by atoms with E-state index >= 15 is 0 Å². The number of aliphatic hydroxyl groups is 8. The Labute approximate surface area is 364 Å². The highest BCUT2D eigenvalue weighted by atomic mass is 16.7. The molecular weight excluding hydrogens is 767 g/mol. The van der Waals surface area contributed by atoms with Crippen molar-refractivity contribution >= 4 is 5.91 Å². The second kappa shape index (κ2) is 38.3. The smallest absolute Gasteiger partial charge is 0.251 e. The Balaban J connectivity index is 2.44. The van der Waals surface area contributed by atoms with Gasteiger partial charge in [0, 0.05) is 0 Å². The molecular formula is C48H93NO11. The quantitative estimate of drug-likeness (QED) is 0.0218. The molecule has 0 saturated carbocycles. The number of nitrogens with one attached hydrogen (secondary N) is 1. The molecule has 10 atom stereocenters. The SMILES string of the molecule is CCCCCC/C=C\CCCCCCCCCCCCCC(O)C(O)C(=O)N[C@@H](CO[C@@H]1O[C@H](CO)[C@@H](O)[C@H](O)[C@H]1O)[C@H](O)[C@H](O)CCCCCCCCCCCCCC. The fourth-order valence-corrected chi connectivity index (χ4v) is 7.99. The first-order chi connectivity index (χ1) is 29.1. The van der Waals surface area contributed by atoms with E-state index in [0.29, 0.717) is 12.8 Å². The Hall–Kier alpha value is -1.19. The lowest BCUT2D eigenvalue weighted by Crippen LogP contribution is -2.60. The van der Waals surface area contributed by atoms with Gasteiger partial charge in [-0.25, -0.2) is 0 Å². The van der Waals surface area contributed by atoms with Crippen LogP contribution in [0.15, 0.2) is 12.2 Å². The molecule has 0 bridgehead atoms. The average molecular weight is 860 g/mol. The molecule has 1 saturated heterocycles. The summed E-state index contributed by atoms with van der Waals surface area (Å²) in [5, 5.41) is 86.3. The van der Waals surface area contributed by atoms with Crippen LogP contribution in [-0.2, 0) is 14.3 Å². The number of hydrogen-bond acceptors (Lipinski definition) is 11. The Morgan fingerprint density at radius 1 is 0.567 bits per heavy atom. The first-order valence-corrected chi connectivity index (χ1v) is 24.7. The average Bonchev–Trinajstić information content (AvgIpc) is 3.25. The van der Waals surface area contributed by atoms with Gasteiger partial charge in [0.25, 0.3) is 5.91 Å². The maximum atomic E-state index is 13.1. The van der Waals surface area contributed by atoms with Crippen molar-refractivity contribution < 1.29 is 55.1 Å². The van der Waals surface area contributed by atoms with Crippen molar-refractivity contribution in [1.82, 2.24) is 5.32 Å². The van der Waals surface area contributed by atoms with E-state index in [9.17, 15) is 45.6 Å². The third kappa shape index (κ3) is 27.1. The van der Waals surface area contributed by atoms with Gasteiger partial charge < -0.3 is 55.6 Å². The summed E-state index contributed by atoms with van der Waals surface area (Å²) in [6, 6.07) is -1.29. The predicted molar refractivity (Wildman–Crippen MR) is 239 cm³/mol. The van der Waals surface area contributed by atoms with Gasteiger partial charge in [-0.05, 0) is 38.5 Å². The molecule has 1 fully saturated rings. The van der Waals surface area contributed by atoms with Gasteiger partial charge in [-0.2, -0.15) is 0 Å². The van der Waals surface area contributed by atoms with Gasteiger partial charge >= 0.3 is 0 Å². The minimum absolute atomic E-state index is 0.221. The molecule has 0 aliphatic carbocycles. The van der Waals surface area contributed by atoms with E-state index in [0.717, 1.165) is 38.5 Å². The summed E-state index contributed by atoms with van der Waals surface area (Å²) in [5.74, 6) is -0.948. The molecule has 356 valence electrons. The predicted octanol–water partition coefficient (Wildman–Crippen LogP) is 7.42. The van der Waals surface area contributed by atoms with E-state index < -0.39 is 80.3 Å². The number of hydrogen-bond donors (Lipinski definition) is 9. The summed E-state index contributed by atoms with van der Waals surface area (Å²) < 4.78 is 11.0. The summed E-state index contributed by atoms with van der Waals surface area (Å²) >= 11 is 0. The summed E-state index contributed by atoms with van der Waals surface area (Å²) in [6.45, 7) is 3.30. The lowest BCUT2D eigenvalue weighted by Gasteiger charge is -2.40. The van der Waals surface area contributed by atoms with Gasteiger partial charge in [0.1, 0.15) is 30.5 Å².